The molecule has 5 nitrogen and oxygen atoms in total. The van der Waals surface area contributed by atoms with E-state index < -0.39 is 0 Å². The van der Waals surface area contributed by atoms with E-state index in [-0.39, 0.29) is 0 Å². The van der Waals surface area contributed by atoms with Gasteiger partial charge in [-0.3, -0.25) is 4.98 Å². The molecule has 3 heterocycles. The molecule has 0 aromatic carbocycles. The van der Waals surface area contributed by atoms with Crippen molar-refractivity contribution < 1.29 is 0 Å². The summed E-state index contributed by atoms with van der Waals surface area (Å²) >= 11 is 0. The lowest BCUT2D eigenvalue weighted by atomic mass is 9.85. The van der Waals surface area contributed by atoms with Crippen LogP contribution < -0.4 is 9.80 Å². The van der Waals surface area contributed by atoms with Gasteiger partial charge in [0.25, 0.3) is 0 Å². The molecule has 1 aliphatic carbocycles. The van der Waals surface area contributed by atoms with Crippen molar-refractivity contribution in [1.82, 2.24) is 15.0 Å². The van der Waals surface area contributed by atoms with Gasteiger partial charge in [0.05, 0.1) is 0 Å². The quantitative estimate of drug-likeness (QED) is 0.868. The molecule has 2 aromatic heterocycles. The molecule has 24 heavy (non-hydrogen) atoms. The number of aromatic nitrogens is 3. The summed E-state index contributed by atoms with van der Waals surface area (Å²) in [6.45, 7) is 7.38. The van der Waals surface area contributed by atoms with Crippen LogP contribution in [0.25, 0.3) is 0 Å². The molecule has 0 spiro atoms. The molecular weight excluding hydrogens is 298 g/mol. The first-order valence-corrected chi connectivity index (χ1v) is 8.98. The number of hydrogen-bond donors (Lipinski definition) is 0. The Morgan fingerprint density at radius 2 is 1.88 bits per heavy atom. The molecule has 1 saturated carbocycles. The lowest BCUT2D eigenvalue weighted by molar-refractivity contribution is 0.400. The Bertz CT molecular complexity index is 698. The third-order valence-corrected chi connectivity index (χ3v) is 5.28. The van der Waals surface area contributed by atoms with Crippen molar-refractivity contribution >= 4 is 11.5 Å². The maximum Gasteiger partial charge on any atom is 0.134 e. The molecule has 2 fully saturated rings. The summed E-state index contributed by atoms with van der Waals surface area (Å²) < 4.78 is 0. The molecule has 1 aliphatic heterocycles. The summed E-state index contributed by atoms with van der Waals surface area (Å²) in [5.74, 6) is 2.74. The lowest BCUT2D eigenvalue weighted by Crippen LogP contribution is -2.52. The van der Waals surface area contributed by atoms with Crippen LogP contribution >= 0.6 is 0 Å². The fourth-order valence-corrected chi connectivity index (χ4v) is 3.66. The van der Waals surface area contributed by atoms with Gasteiger partial charge < -0.3 is 9.80 Å². The summed E-state index contributed by atoms with van der Waals surface area (Å²) in [6.07, 6.45) is 7.54. The minimum absolute atomic E-state index is 0.426. The average molecular weight is 323 g/mol. The number of nitrogens with zero attached hydrogens (tertiary/aromatic N) is 5. The highest BCUT2D eigenvalue weighted by Crippen LogP contribution is 2.35. The van der Waals surface area contributed by atoms with Crippen LogP contribution in [-0.4, -0.2) is 40.6 Å². The molecule has 0 bridgehead atoms. The van der Waals surface area contributed by atoms with Gasteiger partial charge in [-0.25, -0.2) is 9.97 Å². The summed E-state index contributed by atoms with van der Waals surface area (Å²) in [5.41, 5.74) is 2.34. The van der Waals surface area contributed by atoms with Gasteiger partial charge in [0.1, 0.15) is 11.6 Å². The predicted molar refractivity (Wildman–Crippen MR) is 96.6 cm³/mol. The summed E-state index contributed by atoms with van der Waals surface area (Å²) in [7, 11) is 0. The zero-order chi connectivity index (χ0) is 16.5. The van der Waals surface area contributed by atoms with Crippen LogP contribution in [-0.2, 0) is 0 Å². The van der Waals surface area contributed by atoms with Crippen molar-refractivity contribution in [3.63, 3.8) is 0 Å². The van der Waals surface area contributed by atoms with E-state index in [1.807, 2.05) is 12.4 Å². The minimum atomic E-state index is 0.426. The maximum atomic E-state index is 4.91. The Morgan fingerprint density at radius 3 is 2.54 bits per heavy atom. The number of hydrogen-bond acceptors (Lipinski definition) is 5. The smallest absolute Gasteiger partial charge is 0.134 e. The number of piperazine rings is 1. The average Bonchev–Trinajstić information content (AvgIpc) is 2.53. The molecule has 126 valence electrons. The normalized spacial score (nSPS) is 21.7. The molecule has 4 rings (SSSR count). The van der Waals surface area contributed by atoms with E-state index >= 15 is 0 Å². The van der Waals surface area contributed by atoms with Gasteiger partial charge in [0.2, 0.25) is 0 Å². The van der Waals surface area contributed by atoms with Crippen LogP contribution in [0.4, 0.5) is 11.5 Å². The first-order valence-electron chi connectivity index (χ1n) is 8.98. The second kappa shape index (κ2) is 6.38. The number of anilines is 2. The second-order valence-electron chi connectivity index (χ2n) is 7.05. The van der Waals surface area contributed by atoms with Gasteiger partial charge in [0, 0.05) is 61.4 Å². The van der Waals surface area contributed by atoms with E-state index in [2.05, 4.69) is 51.8 Å². The second-order valence-corrected chi connectivity index (χ2v) is 7.05. The number of aryl methyl sites for hydroxylation is 1. The summed E-state index contributed by atoms with van der Waals surface area (Å²) in [5, 5.41) is 0. The lowest BCUT2D eigenvalue weighted by Gasteiger charge is -2.42. The zero-order valence-electron chi connectivity index (χ0n) is 14.5. The summed E-state index contributed by atoms with van der Waals surface area (Å²) in [4.78, 5) is 18.6. The number of pyridine rings is 1. The van der Waals surface area contributed by atoms with Crippen molar-refractivity contribution in [2.75, 3.05) is 29.4 Å². The molecule has 1 atom stereocenters. The van der Waals surface area contributed by atoms with E-state index in [4.69, 9.17) is 4.98 Å². The fraction of sp³-hybridized carbons (Fsp3) is 0.526. The highest BCUT2D eigenvalue weighted by atomic mass is 15.3. The molecule has 2 aromatic rings. The topological polar surface area (TPSA) is 45.2 Å². The van der Waals surface area contributed by atoms with Gasteiger partial charge in [0.15, 0.2) is 0 Å². The van der Waals surface area contributed by atoms with Crippen LogP contribution in [0.3, 0.4) is 0 Å². The van der Waals surface area contributed by atoms with Crippen molar-refractivity contribution in [3.05, 3.63) is 42.1 Å². The predicted octanol–water partition coefficient (Wildman–Crippen LogP) is 3.16. The highest BCUT2D eigenvalue weighted by Gasteiger charge is 2.27. The molecule has 2 aliphatic rings. The Hall–Kier alpha value is -2.17. The van der Waals surface area contributed by atoms with Gasteiger partial charge in [-0.05, 0) is 38.8 Å². The monoisotopic (exact) mass is 323 g/mol. The zero-order valence-corrected chi connectivity index (χ0v) is 14.5. The maximum absolute atomic E-state index is 4.91. The molecule has 5 heteroatoms. The van der Waals surface area contributed by atoms with Crippen molar-refractivity contribution in [2.24, 2.45) is 0 Å². The van der Waals surface area contributed by atoms with Crippen LogP contribution in [0.2, 0.25) is 0 Å². The van der Waals surface area contributed by atoms with E-state index in [1.165, 1.54) is 24.9 Å². The largest absolute Gasteiger partial charge is 0.368 e. The van der Waals surface area contributed by atoms with Gasteiger partial charge in [-0.1, -0.05) is 6.42 Å². The van der Waals surface area contributed by atoms with Gasteiger partial charge >= 0.3 is 0 Å². The molecular formula is C19H25N5. The standard InChI is InChI=1S/C19H25N5/c1-14-12-18(22-19(21-14)16-4-3-5-16)24-11-10-23(13-15(24)2)17-6-8-20-9-7-17/h6-9,12,15-16H,3-5,10-11,13H2,1-2H3. The van der Waals surface area contributed by atoms with Crippen LogP contribution in [0.5, 0.6) is 0 Å². The van der Waals surface area contributed by atoms with E-state index in [1.54, 1.807) is 0 Å². The SMILES string of the molecule is Cc1cc(N2CCN(c3ccncc3)CC2C)nc(C2CCC2)n1. The highest BCUT2D eigenvalue weighted by molar-refractivity contribution is 5.49. The third-order valence-electron chi connectivity index (χ3n) is 5.28. The Kier molecular flexibility index (Phi) is 4.08. The van der Waals surface area contributed by atoms with Gasteiger partial charge in [-0.2, -0.15) is 0 Å². The van der Waals surface area contributed by atoms with E-state index in [0.29, 0.717) is 12.0 Å². The third kappa shape index (κ3) is 2.95. The fourth-order valence-electron chi connectivity index (χ4n) is 3.66. The first kappa shape index (κ1) is 15.4. The first-order chi connectivity index (χ1) is 11.7. The molecule has 1 unspecified atom stereocenters. The molecule has 0 radical (unpaired) electrons. The van der Waals surface area contributed by atoms with Crippen LogP contribution in [0.1, 0.15) is 43.6 Å². The van der Waals surface area contributed by atoms with Crippen LogP contribution in [0, 0.1) is 6.92 Å². The molecule has 0 amide bonds. The van der Waals surface area contributed by atoms with Gasteiger partial charge in [-0.15, -0.1) is 0 Å². The van der Waals surface area contributed by atoms with Crippen molar-refractivity contribution in [2.45, 2.75) is 45.1 Å². The Morgan fingerprint density at radius 1 is 1.08 bits per heavy atom. The minimum Gasteiger partial charge on any atom is -0.368 e. The molecule has 0 N–H and O–H groups in total. The van der Waals surface area contributed by atoms with Crippen LogP contribution in [0.15, 0.2) is 30.6 Å². The van der Waals surface area contributed by atoms with Crippen molar-refractivity contribution in [3.8, 4) is 0 Å². The Balaban J connectivity index is 1.52. The Labute approximate surface area is 143 Å². The van der Waals surface area contributed by atoms with E-state index in [9.17, 15) is 0 Å². The number of rotatable bonds is 3. The van der Waals surface area contributed by atoms with Crippen molar-refractivity contribution in [1.29, 1.82) is 0 Å². The summed E-state index contributed by atoms with van der Waals surface area (Å²) in [6, 6.07) is 6.74. The van der Waals surface area contributed by atoms with E-state index in [0.717, 1.165) is 37.0 Å². The molecule has 1 saturated heterocycles.